The van der Waals surface area contributed by atoms with Crippen LogP contribution >= 0.6 is 11.8 Å². The van der Waals surface area contributed by atoms with Crippen LogP contribution in [0.1, 0.15) is 32.1 Å². The zero-order valence-electron chi connectivity index (χ0n) is 12.9. The highest BCUT2D eigenvalue weighted by Gasteiger charge is 2.64. The largest absolute Gasteiger partial charge is 0.286 e. The summed E-state index contributed by atoms with van der Waals surface area (Å²) in [5.74, 6) is 7.17. The van der Waals surface area contributed by atoms with E-state index in [9.17, 15) is 8.42 Å². The molecule has 4 fully saturated rings. The van der Waals surface area contributed by atoms with Crippen molar-refractivity contribution < 1.29 is 13.0 Å². The van der Waals surface area contributed by atoms with Crippen molar-refractivity contribution in [2.75, 3.05) is 11.5 Å². The summed E-state index contributed by atoms with van der Waals surface area (Å²) in [6.45, 7) is 4.05. The van der Waals surface area contributed by atoms with Crippen molar-refractivity contribution >= 4 is 21.9 Å². The van der Waals surface area contributed by atoms with Crippen LogP contribution in [0.25, 0.3) is 0 Å². The van der Waals surface area contributed by atoms with Gasteiger partial charge in [0.2, 0.25) is 0 Å². The summed E-state index contributed by atoms with van der Waals surface area (Å²) in [5.41, 5.74) is 0. The molecule has 22 heavy (non-hydrogen) atoms. The first-order valence-electron chi connectivity index (χ1n) is 8.67. The van der Waals surface area contributed by atoms with E-state index in [1.165, 1.54) is 25.7 Å². The highest BCUT2D eigenvalue weighted by atomic mass is 32.2. The fraction of sp³-hybridized carbons (Fsp3) is 0.882. The van der Waals surface area contributed by atoms with Gasteiger partial charge in [-0.1, -0.05) is 6.08 Å². The summed E-state index contributed by atoms with van der Waals surface area (Å²) in [4.78, 5) is 0. The van der Waals surface area contributed by atoms with Gasteiger partial charge in [0.25, 0.3) is 10.1 Å². The molecule has 0 radical (unpaired) electrons. The average molecular weight is 343 g/mol. The van der Waals surface area contributed by atoms with Gasteiger partial charge in [-0.25, -0.2) is 0 Å². The van der Waals surface area contributed by atoms with E-state index >= 15 is 0 Å². The van der Waals surface area contributed by atoms with Gasteiger partial charge in [-0.2, -0.15) is 20.2 Å². The summed E-state index contributed by atoms with van der Waals surface area (Å²) < 4.78 is 30.4. The molecule has 0 aromatic rings. The molecule has 4 rings (SSSR count). The van der Waals surface area contributed by atoms with Crippen molar-refractivity contribution in [1.29, 1.82) is 0 Å². The molecule has 8 unspecified atom stereocenters. The van der Waals surface area contributed by atoms with Gasteiger partial charge >= 0.3 is 0 Å². The molecule has 0 aromatic carbocycles. The van der Waals surface area contributed by atoms with E-state index < -0.39 is 10.1 Å². The zero-order chi connectivity index (χ0) is 15.5. The van der Waals surface area contributed by atoms with Crippen molar-refractivity contribution in [3.63, 3.8) is 0 Å². The lowest BCUT2D eigenvalue weighted by molar-refractivity contribution is 0.125. The monoisotopic (exact) mass is 342 g/mol. The molecule has 0 aromatic heterocycles. The quantitative estimate of drug-likeness (QED) is 0.347. The lowest BCUT2D eigenvalue weighted by Crippen LogP contribution is -2.36. The van der Waals surface area contributed by atoms with Crippen LogP contribution in [0, 0.1) is 41.4 Å². The molecule has 4 aliphatic carbocycles. The lowest BCUT2D eigenvalue weighted by Gasteiger charge is -2.40. The predicted molar refractivity (Wildman–Crippen MR) is 90.4 cm³/mol. The second-order valence-electron chi connectivity index (χ2n) is 7.89. The van der Waals surface area contributed by atoms with Gasteiger partial charge in [0.1, 0.15) is 0 Å². The second kappa shape index (κ2) is 5.52. The van der Waals surface area contributed by atoms with Crippen LogP contribution in [-0.2, 0) is 10.1 Å². The van der Waals surface area contributed by atoms with Crippen LogP contribution in [0.3, 0.4) is 0 Å². The number of thioether (sulfide) groups is 1. The van der Waals surface area contributed by atoms with Crippen LogP contribution < -0.4 is 0 Å². The molecule has 4 aliphatic rings. The SMILES string of the molecule is C=CC1CC2CC1C1C3CC(SCCCS(=O)(=O)O)C(C3)C21. The Labute approximate surface area is 138 Å². The van der Waals surface area contributed by atoms with Crippen LogP contribution in [0.15, 0.2) is 12.7 Å². The first kappa shape index (κ1) is 15.5. The van der Waals surface area contributed by atoms with Crippen LogP contribution in [0.4, 0.5) is 0 Å². The topological polar surface area (TPSA) is 54.4 Å². The summed E-state index contributed by atoms with van der Waals surface area (Å²) >= 11 is 1.97. The minimum atomic E-state index is -3.78. The predicted octanol–water partition coefficient (Wildman–Crippen LogP) is 3.48. The summed E-state index contributed by atoms with van der Waals surface area (Å²) in [7, 11) is -3.78. The third kappa shape index (κ3) is 2.48. The molecule has 8 atom stereocenters. The Kier molecular flexibility index (Phi) is 3.90. The smallest absolute Gasteiger partial charge is 0.264 e. The Morgan fingerprint density at radius 1 is 1.09 bits per heavy atom. The minimum Gasteiger partial charge on any atom is -0.286 e. The number of fused-ring (bicyclic) bond motifs is 9. The molecule has 3 nitrogen and oxygen atoms in total. The molecule has 0 aliphatic heterocycles. The maximum absolute atomic E-state index is 10.8. The standard InChI is InChI=1S/C17H26O3S2/c1-2-10-6-11-7-13(10)16-12-8-14(17(11)16)15(9-12)21-4-3-5-22(18,19)20/h2,10-17H,1,3-9H2,(H,18,19,20). The first-order valence-corrected chi connectivity index (χ1v) is 11.3. The third-order valence-corrected chi connectivity index (χ3v) is 9.29. The normalized spacial score (nSPS) is 48.8. The van der Waals surface area contributed by atoms with E-state index in [0.29, 0.717) is 6.42 Å². The number of rotatable bonds is 6. The fourth-order valence-electron chi connectivity index (χ4n) is 6.53. The highest BCUT2D eigenvalue weighted by Crippen LogP contribution is 2.70. The molecule has 0 saturated heterocycles. The van der Waals surface area contributed by atoms with Crippen LogP contribution in [0.5, 0.6) is 0 Å². The van der Waals surface area contributed by atoms with Gasteiger partial charge in [-0.05, 0) is 79.3 Å². The number of hydrogen-bond acceptors (Lipinski definition) is 3. The Morgan fingerprint density at radius 2 is 1.77 bits per heavy atom. The molecular weight excluding hydrogens is 316 g/mol. The van der Waals surface area contributed by atoms with E-state index in [2.05, 4.69) is 12.7 Å². The fourth-order valence-corrected chi connectivity index (χ4v) is 8.76. The van der Waals surface area contributed by atoms with Crippen molar-refractivity contribution in [1.82, 2.24) is 0 Å². The van der Waals surface area contributed by atoms with Crippen molar-refractivity contribution in [2.24, 2.45) is 41.4 Å². The molecule has 124 valence electrons. The third-order valence-electron chi connectivity index (χ3n) is 6.99. The maximum Gasteiger partial charge on any atom is 0.264 e. The molecular formula is C17H26O3S2. The lowest BCUT2D eigenvalue weighted by atomic mass is 9.67. The van der Waals surface area contributed by atoms with Gasteiger partial charge in [-0.3, -0.25) is 4.55 Å². The minimum absolute atomic E-state index is 0.0847. The first-order chi connectivity index (χ1) is 10.5. The summed E-state index contributed by atoms with van der Waals surface area (Å²) in [6, 6.07) is 0. The van der Waals surface area contributed by atoms with Crippen molar-refractivity contribution in [3.05, 3.63) is 12.7 Å². The Balaban J connectivity index is 1.34. The van der Waals surface area contributed by atoms with Crippen molar-refractivity contribution in [2.45, 2.75) is 37.4 Å². The molecule has 5 heteroatoms. The molecule has 0 spiro atoms. The van der Waals surface area contributed by atoms with Gasteiger partial charge in [-0.15, -0.1) is 6.58 Å². The molecule has 4 saturated carbocycles. The second-order valence-corrected chi connectivity index (χ2v) is 10.8. The van der Waals surface area contributed by atoms with E-state index in [1.807, 2.05) is 11.8 Å². The molecule has 0 heterocycles. The maximum atomic E-state index is 10.8. The Morgan fingerprint density at radius 3 is 2.50 bits per heavy atom. The Hall–Kier alpha value is -0.0000000000000000763. The molecule has 1 N–H and O–H groups in total. The van der Waals surface area contributed by atoms with Gasteiger partial charge < -0.3 is 0 Å². The molecule has 0 amide bonds. The van der Waals surface area contributed by atoms with Crippen LogP contribution in [0.2, 0.25) is 0 Å². The van der Waals surface area contributed by atoms with E-state index in [0.717, 1.165) is 52.4 Å². The summed E-state index contributed by atoms with van der Waals surface area (Å²) in [6.07, 6.45) is 8.37. The number of allylic oxidation sites excluding steroid dienone is 1. The highest BCUT2D eigenvalue weighted by molar-refractivity contribution is 7.99. The van der Waals surface area contributed by atoms with E-state index in [1.54, 1.807) is 0 Å². The Bertz CT molecular complexity index is 558. The molecule has 4 bridgehead atoms. The van der Waals surface area contributed by atoms with Crippen LogP contribution in [-0.4, -0.2) is 29.7 Å². The number of hydrogen-bond donors (Lipinski definition) is 1. The van der Waals surface area contributed by atoms with Gasteiger partial charge in [0, 0.05) is 5.25 Å². The van der Waals surface area contributed by atoms with E-state index in [-0.39, 0.29) is 5.75 Å². The van der Waals surface area contributed by atoms with Crippen molar-refractivity contribution in [3.8, 4) is 0 Å². The van der Waals surface area contributed by atoms with Gasteiger partial charge in [0.15, 0.2) is 0 Å². The zero-order valence-corrected chi connectivity index (χ0v) is 14.6. The average Bonchev–Trinajstić information content (AvgIpc) is 3.18. The van der Waals surface area contributed by atoms with E-state index in [4.69, 9.17) is 4.55 Å². The van der Waals surface area contributed by atoms with Gasteiger partial charge in [0.05, 0.1) is 5.75 Å². The summed E-state index contributed by atoms with van der Waals surface area (Å²) in [5, 5.41) is 0.745.